The van der Waals surface area contributed by atoms with Crippen LogP contribution in [0.15, 0.2) is 6.07 Å². The van der Waals surface area contributed by atoms with E-state index in [2.05, 4.69) is 33.1 Å². The predicted molar refractivity (Wildman–Crippen MR) is 62.2 cm³/mol. The first-order chi connectivity index (χ1) is 7.24. The molecule has 1 amide bonds. The largest absolute Gasteiger partial charge is 0.295 e. The van der Waals surface area contributed by atoms with Crippen LogP contribution in [0.3, 0.4) is 0 Å². The average molecular weight is 272 g/mol. The van der Waals surface area contributed by atoms with E-state index < -0.39 is 0 Å². The third-order valence-electron chi connectivity index (χ3n) is 2.70. The Hall–Kier alpha value is -0.840. The molecule has 2 rings (SSSR count). The van der Waals surface area contributed by atoms with Crippen molar-refractivity contribution in [3.05, 3.63) is 11.8 Å². The summed E-state index contributed by atoms with van der Waals surface area (Å²) < 4.78 is 0. The van der Waals surface area contributed by atoms with Crippen LogP contribution in [0.4, 0.5) is 5.82 Å². The lowest BCUT2D eigenvalue weighted by atomic mass is 10.2. The number of hydrogen-bond donors (Lipinski definition) is 1. The van der Waals surface area contributed by atoms with Crippen molar-refractivity contribution in [1.29, 1.82) is 0 Å². The maximum atomic E-state index is 11.7. The Morgan fingerprint density at radius 1 is 1.73 bits per heavy atom. The van der Waals surface area contributed by atoms with Gasteiger partial charge in [0.1, 0.15) is 0 Å². The number of nitrogens with one attached hydrogen (secondary N) is 1. The number of H-pyrrole nitrogens is 1. The van der Waals surface area contributed by atoms with Gasteiger partial charge in [0.15, 0.2) is 5.82 Å². The number of nitrogens with zero attached hydrogens (tertiary/aromatic N) is 2. The molecule has 0 radical (unpaired) electrons. The first-order valence-electron chi connectivity index (χ1n) is 5.15. The molecule has 5 heteroatoms. The molecule has 15 heavy (non-hydrogen) atoms. The van der Waals surface area contributed by atoms with Gasteiger partial charge in [-0.25, -0.2) is 0 Å². The van der Waals surface area contributed by atoms with Gasteiger partial charge < -0.3 is 0 Å². The molecule has 1 aromatic heterocycles. The van der Waals surface area contributed by atoms with Crippen molar-refractivity contribution in [2.75, 3.05) is 16.8 Å². The van der Waals surface area contributed by atoms with Crippen molar-refractivity contribution < 1.29 is 4.79 Å². The SMILES string of the molecule is CCc1cc(N2CC(CBr)CC2=O)n[nH]1. The van der Waals surface area contributed by atoms with Crippen LogP contribution in [0.1, 0.15) is 19.0 Å². The monoisotopic (exact) mass is 271 g/mol. The van der Waals surface area contributed by atoms with E-state index in [1.165, 1.54) is 0 Å². The molecule has 1 saturated heterocycles. The molecular formula is C10H14BrN3O. The number of carbonyl (C=O) groups is 1. The van der Waals surface area contributed by atoms with Crippen LogP contribution in [0, 0.1) is 5.92 Å². The van der Waals surface area contributed by atoms with Gasteiger partial charge in [0, 0.05) is 30.1 Å². The summed E-state index contributed by atoms with van der Waals surface area (Å²) in [5.41, 5.74) is 1.07. The van der Waals surface area contributed by atoms with E-state index in [0.717, 1.165) is 29.8 Å². The molecule has 1 aromatic rings. The molecule has 1 unspecified atom stereocenters. The van der Waals surface area contributed by atoms with Crippen LogP contribution in [0.5, 0.6) is 0 Å². The Balaban J connectivity index is 2.14. The van der Waals surface area contributed by atoms with Gasteiger partial charge in [-0.3, -0.25) is 14.8 Å². The quantitative estimate of drug-likeness (QED) is 0.852. The smallest absolute Gasteiger partial charge is 0.228 e. The second-order valence-electron chi connectivity index (χ2n) is 3.83. The highest BCUT2D eigenvalue weighted by atomic mass is 79.9. The van der Waals surface area contributed by atoms with E-state index in [9.17, 15) is 4.79 Å². The second kappa shape index (κ2) is 4.35. The zero-order valence-electron chi connectivity index (χ0n) is 8.66. The van der Waals surface area contributed by atoms with Crippen LogP contribution in [-0.4, -0.2) is 28.0 Å². The molecular weight excluding hydrogens is 258 g/mol. The summed E-state index contributed by atoms with van der Waals surface area (Å²) in [7, 11) is 0. The third kappa shape index (κ3) is 2.07. The maximum absolute atomic E-state index is 11.7. The number of aromatic amines is 1. The standard InChI is InChI=1S/C10H14BrN3O/c1-2-8-4-9(13-12-8)14-6-7(5-11)3-10(14)15/h4,7H,2-3,5-6H2,1H3,(H,12,13). The minimum atomic E-state index is 0.175. The summed E-state index contributed by atoms with van der Waals surface area (Å²) >= 11 is 3.42. The molecule has 0 aromatic carbocycles. The van der Waals surface area contributed by atoms with Crippen LogP contribution in [0.25, 0.3) is 0 Å². The van der Waals surface area contributed by atoms with Crippen molar-refractivity contribution in [3.8, 4) is 0 Å². The Kier molecular flexibility index (Phi) is 3.09. The van der Waals surface area contributed by atoms with Crippen molar-refractivity contribution in [1.82, 2.24) is 10.2 Å². The summed E-state index contributed by atoms with van der Waals surface area (Å²) in [6, 6.07) is 1.95. The van der Waals surface area contributed by atoms with Crippen molar-refractivity contribution >= 4 is 27.7 Å². The molecule has 82 valence electrons. The highest BCUT2D eigenvalue weighted by molar-refractivity contribution is 9.09. The zero-order chi connectivity index (χ0) is 10.8. The lowest BCUT2D eigenvalue weighted by molar-refractivity contribution is -0.117. The molecule has 1 atom stereocenters. The van der Waals surface area contributed by atoms with Crippen molar-refractivity contribution in [2.24, 2.45) is 5.92 Å². The third-order valence-corrected chi connectivity index (χ3v) is 3.61. The fourth-order valence-corrected chi connectivity index (χ4v) is 2.21. The van der Waals surface area contributed by atoms with E-state index in [1.807, 2.05) is 6.07 Å². The fourth-order valence-electron chi connectivity index (χ4n) is 1.78. The number of alkyl halides is 1. The van der Waals surface area contributed by atoms with Gasteiger partial charge in [-0.2, -0.15) is 5.10 Å². The molecule has 0 spiro atoms. The summed E-state index contributed by atoms with van der Waals surface area (Å²) in [6.45, 7) is 2.84. The molecule has 4 nitrogen and oxygen atoms in total. The van der Waals surface area contributed by atoms with E-state index in [0.29, 0.717) is 12.3 Å². The molecule has 2 heterocycles. The average Bonchev–Trinajstić information content (AvgIpc) is 2.83. The van der Waals surface area contributed by atoms with E-state index in [4.69, 9.17) is 0 Å². The number of halogens is 1. The first kappa shape index (κ1) is 10.7. The van der Waals surface area contributed by atoms with E-state index in [1.54, 1.807) is 4.90 Å². The minimum Gasteiger partial charge on any atom is -0.295 e. The number of amides is 1. The molecule has 1 aliphatic heterocycles. The lowest BCUT2D eigenvalue weighted by Crippen LogP contribution is -2.24. The van der Waals surface area contributed by atoms with Gasteiger partial charge in [-0.15, -0.1) is 0 Å². The number of rotatable bonds is 3. The van der Waals surface area contributed by atoms with E-state index >= 15 is 0 Å². The van der Waals surface area contributed by atoms with Crippen LogP contribution in [-0.2, 0) is 11.2 Å². The van der Waals surface area contributed by atoms with Gasteiger partial charge in [0.2, 0.25) is 5.91 Å². The fraction of sp³-hybridized carbons (Fsp3) is 0.600. The van der Waals surface area contributed by atoms with Gasteiger partial charge in [0.25, 0.3) is 0 Å². The summed E-state index contributed by atoms with van der Waals surface area (Å²) in [5, 5.41) is 7.96. The number of aryl methyl sites for hydroxylation is 1. The first-order valence-corrected chi connectivity index (χ1v) is 6.27. The Bertz CT molecular complexity index is 363. The lowest BCUT2D eigenvalue weighted by Gasteiger charge is -2.11. The molecule has 0 aliphatic carbocycles. The number of aromatic nitrogens is 2. The number of anilines is 1. The molecule has 1 N–H and O–H groups in total. The molecule has 1 fully saturated rings. The second-order valence-corrected chi connectivity index (χ2v) is 4.48. The van der Waals surface area contributed by atoms with Crippen LogP contribution >= 0.6 is 15.9 Å². The van der Waals surface area contributed by atoms with Crippen molar-refractivity contribution in [3.63, 3.8) is 0 Å². The molecule has 0 bridgehead atoms. The van der Waals surface area contributed by atoms with Crippen LogP contribution in [0.2, 0.25) is 0 Å². The minimum absolute atomic E-state index is 0.175. The molecule has 1 aliphatic rings. The maximum Gasteiger partial charge on any atom is 0.228 e. The Morgan fingerprint density at radius 3 is 3.07 bits per heavy atom. The van der Waals surface area contributed by atoms with Gasteiger partial charge in [-0.05, 0) is 12.3 Å². The van der Waals surface area contributed by atoms with Crippen molar-refractivity contribution in [2.45, 2.75) is 19.8 Å². The zero-order valence-corrected chi connectivity index (χ0v) is 10.2. The van der Waals surface area contributed by atoms with Gasteiger partial charge in [-0.1, -0.05) is 22.9 Å². The van der Waals surface area contributed by atoms with E-state index in [-0.39, 0.29) is 5.91 Å². The summed E-state index contributed by atoms with van der Waals surface area (Å²) in [4.78, 5) is 13.5. The highest BCUT2D eigenvalue weighted by Crippen LogP contribution is 2.24. The number of carbonyl (C=O) groups excluding carboxylic acids is 1. The number of hydrogen-bond acceptors (Lipinski definition) is 2. The molecule has 0 saturated carbocycles. The Labute approximate surface area is 97.2 Å². The Morgan fingerprint density at radius 2 is 2.53 bits per heavy atom. The van der Waals surface area contributed by atoms with Gasteiger partial charge >= 0.3 is 0 Å². The highest BCUT2D eigenvalue weighted by Gasteiger charge is 2.30. The topological polar surface area (TPSA) is 49.0 Å². The summed E-state index contributed by atoms with van der Waals surface area (Å²) in [5.74, 6) is 1.35. The summed E-state index contributed by atoms with van der Waals surface area (Å²) in [6.07, 6.45) is 1.54. The van der Waals surface area contributed by atoms with Crippen LogP contribution < -0.4 is 4.90 Å². The predicted octanol–water partition coefficient (Wildman–Crippen LogP) is 1.72. The normalized spacial score (nSPS) is 21.3. The van der Waals surface area contributed by atoms with Gasteiger partial charge in [0.05, 0.1) is 0 Å².